The van der Waals surface area contributed by atoms with Crippen LogP contribution in [0.25, 0.3) is 0 Å². The van der Waals surface area contributed by atoms with Gasteiger partial charge in [-0.15, -0.1) is 0 Å². The van der Waals surface area contributed by atoms with Crippen molar-refractivity contribution in [3.8, 4) is 0 Å². The van der Waals surface area contributed by atoms with Crippen LogP contribution >= 0.6 is 0 Å². The fourth-order valence-electron chi connectivity index (χ4n) is 5.51. The second kappa shape index (κ2) is 6.45. The summed E-state index contributed by atoms with van der Waals surface area (Å²) in [6.07, 6.45) is 1.79. The molecule has 1 aliphatic heterocycles. The minimum atomic E-state index is -0.932. The molecule has 0 radical (unpaired) electrons. The van der Waals surface area contributed by atoms with Gasteiger partial charge in [0.05, 0.1) is 11.6 Å². The van der Waals surface area contributed by atoms with E-state index in [9.17, 15) is 19.1 Å². The van der Waals surface area contributed by atoms with E-state index in [2.05, 4.69) is 11.4 Å². The molecule has 3 saturated carbocycles. The van der Waals surface area contributed by atoms with Crippen LogP contribution in [0.2, 0.25) is 0 Å². The number of amides is 3. The van der Waals surface area contributed by atoms with Gasteiger partial charge in [-0.3, -0.25) is 0 Å². The van der Waals surface area contributed by atoms with Crippen LogP contribution in [0.15, 0.2) is 48.5 Å². The smallest absolute Gasteiger partial charge is 0.407 e. The van der Waals surface area contributed by atoms with Gasteiger partial charge in [0, 0.05) is 19.1 Å². The Bertz CT molecular complexity index is 1000. The zero-order chi connectivity index (χ0) is 21.1. The monoisotopic (exact) mass is 409 g/mol. The molecule has 3 amide bonds. The Morgan fingerprint density at radius 3 is 2.47 bits per heavy atom. The fraction of sp³-hybridized carbons (Fsp3) is 0.391. The average Bonchev–Trinajstić information content (AvgIpc) is 2.68. The summed E-state index contributed by atoms with van der Waals surface area (Å²) in [6.45, 7) is 0.571. The Hall–Kier alpha value is -3.09. The first-order chi connectivity index (χ1) is 14.3. The topological polar surface area (TPSA) is 72.9 Å². The highest BCUT2D eigenvalue weighted by Gasteiger charge is 2.71. The number of urea groups is 1. The van der Waals surface area contributed by atoms with E-state index >= 15 is 0 Å². The van der Waals surface area contributed by atoms with Crippen molar-refractivity contribution in [2.45, 2.75) is 42.8 Å². The highest BCUT2D eigenvalue weighted by molar-refractivity contribution is 5.78. The first kappa shape index (κ1) is 18.9. The lowest BCUT2D eigenvalue weighted by Crippen LogP contribution is -2.84. The number of halogens is 1. The maximum atomic E-state index is 13.5. The van der Waals surface area contributed by atoms with E-state index in [1.807, 2.05) is 23.1 Å². The number of nitrogens with one attached hydrogen (secondary N) is 1. The number of hydrogen-bond acceptors (Lipinski definition) is 2. The first-order valence-corrected chi connectivity index (χ1v) is 10.2. The summed E-state index contributed by atoms with van der Waals surface area (Å²) in [5, 5.41) is 12.4. The predicted octanol–water partition coefficient (Wildman–Crippen LogP) is 3.77. The lowest BCUT2D eigenvalue weighted by molar-refractivity contribution is -0.152. The molecule has 3 aliphatic carbocycles. The summed E-state index contributed by atoms with van der Waals surface area (Å²) in [4.78, 5) is 27.8. The minimum absolute atomic E-state index is 0.148. The molecule has 2 aromatic rings. The third-order valence-corrected chi connectivity index (χ3v) is 7.10. The maximum absolute atomic E-state index is 13.5. The molecule has 4 aliphatic rings. The van der Waals surface area contributed by atoms with Crippen LogP contribution in [0.4, 0.5) is 14.0 Å². The van der Waals surface area contributed by atoms with Crippen molar-refractivity contribution in [3.05, 3.63) is 71.0 Å². The molecule has 6 rings (SSSR count). The van der Waals surface area contributed by atoms with E-state index in [1.54, 1.807) is 19.2 Å². The number of carbonyl (C=O) groups excluding carboxylic acids is 1. The van der Waals surface area contributed by atoms with Crippen LogP contribution in [0.3, 0.4) is 0 Å². The summed E-state index contributed by atoms with van der Waals surface area (Å²) < 4.78 is 13.5. The van der Waals surface area contributed by atoms with Crippen LogP contribution in [0.5, 0.6) is 0 Å². The normalized spacial score (nSPS) is 28.6. The van der Waals surface area contributed by atoms with Gasteiger partial charge in [0.15, 0.2) is 0 Å². The van der Waals surface area contributed by atoms with Gasteiger partial charge < -0.3 is 20.2 Å². The van der Waals surface area contributed by atoms with E-state index in [0.717, 1.165) is 17.5 Å². The molecule has 0 saturated heterocycles. The molecule has 0 aromatic heterocycles. The van der Waals surface area contributed by atoms with Gasteiger partial charge in [-0.2, -0.15) is 0 Å². The SMILES string of the molecule is CN(C(=O)O)C12CC(NC(=O)N3CCc4ccccc4[C@@H]3c3ccc(F)cc3)(C1)C2. The van der Waals surface area contributed by atoms with Gasteiger partial charge in [0.2, 0.25) is 0 Å². The van der Waals surface area contributed by atoms with Gasteiger partial charge in [-0.05, 0) is 54.5 Å². The molecule has 156 valence electrons. The lowest BCUT2D eigenvalue weighted by atomic mass is 9.43. The van der Waals surface area contributed by atoms with Crippen molar-refractivity contribution in [2.75, 3.05) is 13.6 Å². The molecule has 1 heterocycles. The molecule has 0 spiro atoms. The highest BCUT2D eigenvalue weighted by atomic mass is 19.1. The number of carboxylic acid groups (broad SMARTS) is 1. The van der Waals surface area contributed by atoms with Crippen LogP contribution in [0, 0.1) is 5.82 Å². The molecular formula is C23H24FN3O3. The third-order valence-electron chi connectivity index (χ3n) is 7.10. The zero-order valence-electron chi connectivity index (χ0n) is 16.8. The Morgan fingerprint density at radius 2 is 1.80 bits per heavy atom. The second-order valence-electron chi connectivity index (χ2n) is 8.90. The summed E-state index contributed by atoms with van der Waals surface area (Å²) >= 11 is 0. The molecule has 1 atom stereocenters. The molecule has 2 bridgehead atoms. The van der Waals surface area contributed by atoms with Crippen LogP contribution in [-0.4, -0.2) is 51.7 Å². The first-order valence-electron chi connectivity index (χ1n) is 10.2. The van der Waals surface area contributed by atoms with Crippen LogP contribution in [-0.2, 0) is 6.42 Å². The number of fused-ring (bicyclic) bond motifs is 1. The molecule has 2 aromatic carbocycles. The maximum Gasteiger partial charge on any atom is 0.407 e. The van der Waals surface area contributed by atoms with E-state index in [-0.39, 0.29) is 29.0 Å². The van der Waals surface area contributed by atoms with Crippen molar-refractivity contribution in [3.63, 3.8) is 0 Å². The molecule has 2 N–H and O–H groups in total. The summed E-state index contributed by atoms with van der Waals surface area (Å²) in [6, 6.07) is 14.0. The number of benzene rings is 2. The van der Waals surface area contributed by atoms with E-state index < -0.39 is 6.09 Å². The Morgan fingerprint density at radius 1 is 1.13 bits per heavy atom. The molecule has 3 fully saturated rings. The van der Waals surface area contributed by atoms with Crippen molar-refractivity contribution in [1.82, 2.24) is 15.1 Å². The van der Waals surface area contributed by atoms with Crippen molar-refractivity contribution < 1.29 is 19.1 Å². The standard InChI is InChI=1S/C23H24FN3O3/c1-26(21(29)30)23-12-22(13-23,14-23)25-20(28)27-11-10-15-4-2-3-5-18(15)19(27)16-6-8-17(24)9-7-16/h2-9,19H,10-14H2,1H3,(H,25,28)(H,29,30)/t19-,22?,23?/m0/s1. The van der Waals surface area contributed by atoms with Crippen molar-refractivity contribution in [2.24, 2.45) is 0 Å². The van der Waals surface area contributed by atoms with Crippen LogP contribution < -0.4 is 5.32 Å². The summed E-state index contributed by atoms with van der Waals surface area (Å²) in [7, 11) is 1.60. The average molecular weight is 409 g/mol. The van der Waals surface area contributed by atoms with E-state index in [1.165, 1.54) is 22.6 Å². The van der Waals surface area contributed by atoms with Gasteiger partial charge in [-0.1, -0.05) is 36.4 Å². The zero-order valence-corrected chi connectivity index (χ0v) is 16.8. The van der Waals surface area contributed by atoms with Gasteiger partial charge in [-0.25, -0.2) is 14.0 Å². The number of hydrogen-bond donors (Lipinski definition) is 2. The predicted molar refractivity (Wildman–Crippen MR) is 109 cm³/mol. The van der Waals surface area contributed by atoms with Gasteiger partial charge >= 0.3 is 12.1 Å². The molecule has 30 heavy (non-hydrogen) atoms. The second-order valence-corrected chi connectivity index (χ2v) is 8.90. The lowest BCUT2D eigenvalue weighted by Gasteiger charge is -2.72. The Balaban J connectivity index is 1.38. The largest absolute Gasteiger partial charge is 0.465 e. The quantitative estimate of drug-likeness (QED) is 0.811. The van der Waals surface area contributed by atoms with Gasteiger partial charge in [0.25, 0.3) is 0 Å². The molecular weight excluding hydrogens is 385 g/mol. The van der Waals surface area contributed by atoms with E-state index in [0.29, 0.717) is 25.8 Å². The number of nitrogens with zero attached hydrogens (tertiary/aromatic N) is 2. The molecule has 7 heteroatoms. The minimum Gasteiger partial charge on any atom is -0.465 e. The van der Waals surface area contributed by atoms with Crippen molar-refractivity contribution in [1.29, 1.82) is 0 Å². The molecule has 0 unspecified atom stereocenters. The van der Waals surface area contributed by atoms with Gasteiger partial charge in [0.1, 0.15) is 5.82 Å². The van der Waals surface area contributed by atoms with Crippen LogP contribution in [0.1, 0.15) is 42.0 Å². The fourth-order valence-corrected chi connectivity index (χ4v) is 5.51. The van der Waals surface area contributed by atoms with Crippen molar-refractivity contribution >= 4 is 12.1 Å². The summed E-state index contributed by atoms with van der Waals surface area (Å²) in [5.74, 6) is -0.305. The van der Waals surface area contributed by atoms with E-state index in [4.69, 9.17) is 0 Å². The number of carbonyl (C=O) groups is 2. The number of rotatable bonds is 3. The highest BCUT2D eigenvalue weighted by Crippen LogP contribution is 2.63. The summed E-state index contributed by atoms with van der Waals surface area (Å²) in [5.41, 5.74) is 2.49. The third kappa shape index (κ3) is 2.75. The Labute approximate surface area is 174 Å². The Kier molecular flexibility index (Phi) is 4.07. The molecule has 6 nitrogen and oxygen atoms in total.